The van der Waals surface area contributed by atoms with Crippen molar-refractivity contribution >= 4 is 40.0 Å². The van der Waals surface area contributed by atoms with Crippen LogP contribution in [0, 0.1) is 5.82 Å². The van der Waals surface area contributed by atoms with Gasteiger partial charge in [0.1, 0.15) is 11.6 Å². The lowest BCUT2D eigenvalue weighted by atomic mass is 10.00. The number of aromatic nitrogens is 3. The molecule has 1 atom stereocenters. The van der Waals surface area contributed by atoms with Gasteiger partial charge in [-0.05, 0) is 54.1 Å². The van der Waals surface area contributed by atoms with Gasteiger partial charge in [-0.25, -0.2) is 14.2 Å². The van der Waals surface area contributed by atoms with E-state index >= 15 is 0 Å². The highest BCUT2D eigenvalue weighted by Crippen LogP contribution is 2.36. The highest BCUT2D eigenvalue weighted by molar-refractivity contribution is 14.2. The smallest absolute Gasteiger partial charge is 0.330 e. The van der Waals surface area contributed by atoms with Crippen molar-refractivity contribution in [2.45, 2.75) is 26.3 Å². The van der Waals surface area contributed by atoms with E-state index in [9.17, 15) is 9.18 Å². The van der Waals surface area contributed by atoms with Crippen molar-refractivity contribution in [1.82, 2.24) is 14.1 Å². The Labute approximate surface area is 200 Å². The first-order valence-electron chi connectivity index (χ1n) is 9.99. The number of hydrogen-bond acceptors (Lipinski definition) is 6. The van der Waals surface area contributed by atoms with E-state index in [1.807, 2.05) is 13.8 Å². The standard InChI is InChI=1S/C21H26FIN5O3P/c1-12(2)28-19(20(25)27(3)21(28)29)15-9-14(16(22)10-17(15)24)13-5-6-18(26-11-13)30-7-4-8-31-32-23/h5-6,9-12,32H,4,7-8,24-25H2,1-3H3. The van der Waals surface area contributed by atoms with Crippen LogP contribution in [0.4, 0.5) is 15.9 Å². The summed E-state index contributed by atoms with van der Waals surface area (Å²) in [5, 5.41) is 0. The lowest BCUT2D eigenvalue weighted by Crippen LogP contribution is -2.24. The molecule has 0 amide bonds. The maximum atomic E-state index is 14.8. The van der Waals surface area contributed by atoms with Gasteiger partial charge in [0.2, 0.25) is 5.88 Å². The lowest BCUT2D eigenvalue weighted by Gasteiger charge is -2.15. The minimum atomic E-state index is -0.494. The van der Waals surface area contributed by atoms with Crippen LogP contribution in [-0.4, -0.2) is 27.3 Å². The van der Waals surface area contributed by atoms with E-state index in [0.29, 0.717) is 47.9 Å². The van der Waals surface area contributed by atoms with Crippen LogP contribution in [0.2, 0.25) is 0 Å². The molecule has 2 heterocycles. The monoisotopic (exact) mass is 573 g/mol. The van der Waals surface area contributed by atoms with Gasteiger partial charge in [0, 0.05) is 54.2 Å². The van der Waals surface area contributed by atoms with E-state index in [1.54, 1.807) is 36.0 Å². The Hall–Kier alpha value is -2.17. The van der Waals surface area contributed by atoms with Crippen molar-refractivity contribution < 1.29 is 13.7 Å². The SMILES string of the molecule is CC(C)n1c(-c2cc(-c3ccc(OCCCOPI)nc3)c(F)cc2N)c(N)n(C)c1=O. The Balaban J connectivity index is 1.95. The predicted molar refractivity (Wildman–Crippen MR) is 136 cm³/mol. The number of nitrogen functional groups attached to an aromatic ring is 2. The van der Waals surface area contributed by atoms with Crippen molar-refractivity contribution in [2.24, 2.45) is 7.05 Å². The molecule has 0 bridgehead atoms. The quantitative estimate of drug-likeness (QED) is 0.169. The molecule has 0 fully saturated rings. The number of ether oxygens (including phenoxy) is 1. The molecule has 0 spiro atoms. The average Bonchev–Trinajstić information content (AvgIpc) is 2.98. The summed E-state index contributed by atoms with van der Waals surface area (Å²) in [6.45, 7) is 5.29. The first kappa shape index (κ1) is 24.5. The predicted octanol–water partition coefficient (Wildman–Crippen LogP) is 4.53. The molecule has 0 aliphatic heterocycles. The van der Waals surface area contributed by atoms with Gasteiger partial charge in [-0.1, -0.05) is 0 Å². The molecule has 0 aliphatic carbocycles. The van der Waals surface area contributed by atoms with Gasteiger partial charge in [0.05, 0.1) is 25.4 Å². The molecule has 2 aromatic heterocycles. The molecule has 1 aromatic carbocycles. The van der Waals surface area contributed by atoms with Crippen molar-refractivity contribution in [3.63, 3.8) is 0 Å². The fourth-order valence-electron chi connectivity index (χ4n) is 3.38. The summed E-state index contributed by atoms with van der Waals surface area (Å²) in [6, 6.07) is 6.11. The number of imidazole rings is 1. The summed E-state index contributed by atoms with van der Waals surface area (Å²) in [5.74, 6) is 0.219. The summed E-state index contributed by atoms with van der Waals surface area (Å²) in [7, 11) is 1.59. The average molecular weight is 573 g/mol. The molecular formula is C21H26FIN5O3P. The van der Waals surface area contributed by atoms with Crippen LogP contribution in [0.15, 0.2) is 35.3 Å². The van der Waals surface area contributed by atoms with E-state index in [0.717, 1.165) is 6.42 Å². The number of nitrogens with two attached hydrogens (primary N) is 2. The largest absolute Gasteiger partial charge is 0.478 e. The van der Waals surface area contributed by atoms with Gasteiger partial charge >= 0.3 is 5.69 Å². The minimum Gasteiger partial charge on any atom is -0.478 e. The maximum Gasteiger partial charge on any atom is 0.330 e. The third-order valence-electron chi connectivity index (χ3n) is 4.99. The summed E-state index contributed by atoms with van der Waals surface area (Å²) >= 11 is 2.17. The zero-order valence-corrected chi connectivity index (χ0v) is 21.2. The van der Waals surface area contributed by atoms with E-state index in [-0.39, 0.29) is 23.2 Å². The molecule has 4 N–H and O–H groups in total. The summed E-state index contributed by atoms with van der Waals surface area (Å²) in [5.41, 5.74) is 14.1. The van der Waals surface area contributed by atoms with Crippen LogP contribution < -0.4 is 21.9 Å². The molecular weight excluding hydrogens is 547 g/mol. The van der Waals surface area contributed by atoms with Crippen LogP contribution in [0.1, 0.15) is 26.3 Å². The lowest BCUT2D eigenvalue weighted by molar-refractivity contribution is 0.258. The fraction of sp³-hybridized carbons (Fsp3) is 0.333. The zero-order valence-electron chi connectivity index (χ0n) is 18.1. The Bertz CT molecular complexity index is 1150. The summed E-state index contributed by atoms with van der Waals surface area (Å²) < 4.78 is 28.6. The van der Waals surface area contributed by atoms with Crippen LogP contribution in [0.25, 0.3) is 22.4 Å². The number of hydrogen-bond donors (Lipinski definition) is 2. The van der Waals surface area contributed by atoms with Gasteiger partial charge in [0.15, 0.2) is 0 Å². The van der Waals surface area contributed by atoms with Crippen molar-refractivity contribution in [2.75, 3.05) is 24.7 Å². The van der Waals surface area contributed by atoms with Crippen molar-refractivity contribution in [1.29, 1.82) is 0 Å². The van der Waals surface area contributed by atoms with Crippen LogP contribution in [-0.2, 0) is 11.6 Å². The number of pyridine rings is 1. The van der Waals surface area contributed by atoms with E-state index < -0.39 is 5.82 Å². The Morgan fingerprint density at radius 3 is 2.59 bits per heavy atom. The van der Waals surface area contributed by atoms with E-state index in [2.05, 4.69) is 27.0 Å². The second-order valence-electron chi connectivity index (χ2n) is 7.47. The maximum absolute atomic E-state index is 14.8. The zero-order chi connectivity index (χ0) is 23.4. The van der Waals surface area contributed by atoms with Crippen LogP contribution >= 0.6 is 28.5 Å². The van der Waals surface area contributed by atoms with Crippen LogP contribution in [0.3, 0.4) is 0 Å². The molecule has 0 aliphatic rings. The first-order valence-corrected chi connectivity index (χ1v) is 14.0. The van der Waals surface area contributed by atoms with E-state index in [1.165, 1.54) is 10.6 Å². The molecule has 11 heteroatoms. The highest BCUT2D eigenvalue weighted by atomic mass is 127. The third kappa shape index (κ3) is 5.07. The number of halogens is 2. The third-order valence-corrected chi connectivity index (χ3v) is 6.24. The highest BCUT2D eigenvalue weighted by Gasteiger charge is 2.22. The molecule has 0 saturated heterocycles. The van der Waals surface area contributed by atoms with E-state index in [4.69, 9.17) is 20.7 Å². The molecule has 172 valence electrons. The summed E-state index contributed by atoms with van der Waals surface area (Å²) in [4.78, 5) is 16.9. The van der Waals surface area contributed by atoms with Gasteiger partial charge in [0.25, 0.3) is 0 Å². The second-order valence-corrected chi connectivity index (χ2v) is 9.24. The number of anilines is 2. The van der Waals surface area contributed by atoms with Gasteiger partial charge < -0.3 is 20.7 Å². The number of benzene rings is 1. The summed E-state index contributed by atoms with van der Waals surface area (Å²) in [6.07, 6.45) is 2.30. The number of nitrogens with zero attached hydrogens (tertiary/aromatic N) is 3. The minimum absolute atomic E-state index is 0.158. The van der Waals surface area contributed by atoms with Gasteiger partial charge in [-0.2, -0.15) is 0 Å². The Morgan fingerprint density at radius 1 is 1.22 bits per heavy atom. The Morgan fingerprint density at radius 2 is 1.97 bits per heavy atom. The van der Waals surface area contributed by atoms with Gasteiger partial charge in [-0.15, -0.1) is 0 Å². The molecule has 0 saturated carbocycles. The van der Waals surface area contributed by atoms with Crippen LogP contribution in [0.5, 0.6) is 5.88 Å². The topological polar surface area (TPSA) is 110 Å². The Kier molecular flexibility index (Phi) is 8.13. The van der Waals surface area contributed by atoms with Crippen molar-refractivity contribution in [3.8, 4) is 28.3 Å². The van der Waals surface area contributed by atoms with Gasteiger partial charge in [-0.3, -0.25) is 9.13 Å². The molecule has 0 radical (unpaired) electrons. The first-order chi connectivity index (χ1) is 15.3. The number of rotatable bonds is 9. The molecule has 1 unspecified atom stereocenters. The molecule has 3 rings (SSSR count). The second kappa shape index (κ2) is 10.6. The normalized spacial score (nSPS) is 11.7. The van der Waals surface area contributed by atoms with Crippen molar-refractivity contribution in [3.05, 3.63) is 46.8 Å². The molecule has 3 aromatic rings. The molecule has 32 heavy (non-hydrogen) atoms. The fourth-order valence-corrected chi connectivity index (χ4v) is 4.26. The molecule has 8 nitrogen and oxygen atoms in total.